The third-order valence-corrected chi connectivity index (χ3v) is 2.22. The fourth-order valence-electron chi connectivity index (χ4n) is 1.44. The summed E-state index contributed by atoms with van der Waals surface area (Å²) in [5, 5.41) is 0. The van der Waals surface area contributed by atoms with E-state index in [2.05, 4.69) is 37.2 Å². The van der Waals surface area contributed by atoms with Gasteiger partial charge >= 0.3 is 7.48 Å². The molecule has 0 saturated carbocycles. The lowest BCUT2D eigenvalue weighted by atomic mass is 9.87. The second-order valence-electron chi connectivity index (χ2n) is 3.34. The first-order valence-corrected chi connectivity index (χ1v) is 4.14. The Hall–Kier alpha value is -0.955. The number of nitrogens with zero attached hydrogens (tertiary/aromatic N) is 1. The molecule has 0 unspecified atom stereocenters. The van der Waals surface area contributed by atoms with Gasteiger partial charge < -0.3 is 9.55 Å². The largest absolute Gasteiger partial charge is 0.430 e. The minimum Gasteiger partial charge on any atom is -0.430 e. The van der Waals surface area contributed by atoms with E-state index in [0.717, 1.165) is 14.1 Å². The summed E-state index contributed by atoms with van der Waals surface area (Å²) in [5.41, 5.74) is 3.92. The van der Waals surface area contributed by atoms with Crippen LogP contribution in [-0.2, 0) is 11.3 Å². The summed E-state index contributed by atoms with van der Waals surface area (Å²) in [6.45, 7) is 0.781. The first kappa shape index (κ1) is 7.68. The van der Waals surface area contributed by atoms with Crippen LogP contribution in [0.3, 0.4) is 0 Å². The Morgan fingerprint density at radius 3 is 3.00 bits per heavy atom. The van der Waals surface area contributed by atoms with Crippen molar-refractivity contribution in [2.75, 3.05) is 19.0 Å². The lowest BCUT2D eigenvalue weighted by Crippen LogP contribution is -2.16. The van der Waals surface area contributed by atoms with Crippen LogP contribution in [0.4, 0.5) is 5.69 Å². The van der Waals surface area contributed by atoms with Gasteiger partial charge in [-0.25, -0.2) is 0 Å². The number of anilines is 1. The lowest BCUT2D eigenvalue weighted by Gasteiger charge is -2.12. The van der Waals surface area contributed by atoms with Crippen LogP contribution in [0.1, 0.15) is 5.56 Å². The van der Waals surface area contributed by atoms with Crippen molar-refractivity contribution in [2.24, 2.45) is 0 Å². The van der Waals surface area contributed by atoms with Crippen molar-refractivity contribution in [2.45, 2.75) is 6.61 Å². The standard InChI is InChI=1S/C9H12BNO/c1-11(2)8-4-3-7-6-12-10-9(7)5-8/h3-5,10H,6H2,1-2H3. The van der Waals surface area contributed by atoms with Crippen LogP contribution < -0.4 is 10.4 Å². The predicted octanol–water partition coefficient (Wildman–Crippen LogP) is 0.260. The monoisotopic (exact) mass is 161 g/mol. The molecule has 62 valence electrons. The number of fused-ring (bicyclic) bond motifs is 1. The van der Waals surface area contributed by atoms with E-state index in [4.69, 9.17) is 4.65 Å². The predicted molar refractivity (Wildman–Crippen MR) is 52.3 cm³/mol. The van der Waals surface area contributed by atoms with Crippen LogP contribution in [0.2, 0.25) is 0 Å². The van der Waals surface area contributed by atoms with Crippen LogP contribution in [0.25, 0.3) is 0 Å². The maximum Gasteiger partial charge on any atom is 0.309 e. The Balaban J connectivity index is 2.39. The minimum absolute atomic E-state index is 0.775. The zero-order valence-corrected chi connectivity index (χ0v) is 7.50. The Morgan fingerprint density at radius 2 is 2.25 bits per heavy atom. The number of rotatable bonds is 1. The van der Waals surface area contributed by atoms with Gasteiger partial charge in [-0.15, -0.1) is 0 Å². The van der Waals surface area contributed by atoms with Gasteiger partial charge in [0.15, 0.2) is 0 Å². The molecule has 1 aromatic rings. The summed E-state index contributed by atoms with van der Waals surface area (Å²) in [6, 6.07) is 6.48. The highest BCUT2D eigenvalue weighted by molar-refractivity contribution is 6.49. The average Bonchev–Trinajstić information content (AvgIpc) is 2.49. The normalized spacial score (nSPS) is 13.8. The summed E-state index contributed by atoms with van der Waals surface area (Å²) in [5.74, 6) is 0. The SMILES string of the molecule is CN(C)c1ccc2c(c1)BOC2. The van der Waals surface area contributed by atoms with E-state index in [1.165, 1.54) is 16.7 Å². The van der Waals surface area contributed by atoms with Gasteiger partial charge in [0.1, 0.15) is 0 Å². The van der Waals surface area contributed by atoms with Gasteiger partial charge in [0.25, 0.3) is 0 Å². The Bertz CT molecular complexity index is 299. The first-order chi connectivity index (χ1) is 5.77. The molecule has 0 radical (unpaired) electrons. The summed E-state index contributed by atoms with van der Waals surface area (Å²) >= 11 is 0. The van der Waals surface area contributed by atoms with Gasteiger partial charge in [-0.05, 0) is 23.2 Å². The molecule has 0 aliphatic carbocycles. The molecule has 1 aliphatic heterocycles. The summed E-state index contributed by atoms with van der Waals surface area (Å²) in [4.78, 5) is 2.11. The van der Waals surface area contributed by atoms with Gasteiger partial charge in [-0.3, -0.25) is 0 Å². The van der Waals surface area contributed by atoms with E-state index < -0.39 is 0 Å². The molecule has 0 saturated heterocycles. The van der Waals surface area contributed by atoms with Crippen LogP contribution in [0, 0.1) is 0 Å². The maximum atomic E-state index is 5.33. The fourth-order valence-corrected chi connectivity index (χ4v) is 1.44. The molecule has 1 aliphatic rings. The fraction of sp³-hybridized carbons (Fsp3) is 0.333. The highest BCUT2D eigenvalue weighted by atomic mass is 16.4. The zero-order valence-electron chi connectivity index (χ0n) is 7.50. The zero-order chi connectivity index (χ0) is 8.55. The first-order valence-electron chi connectivity index (χ1n) is 4.14. The van der Waals surface area contributed by atoms with E-state index in [9.17, 15) is 0 Å². The van der Waals surface area contributed by atoms with Crippen molar-refractivity contribution in [3.63, 3.8) is 0 Å². The molecule has 1 heterocycles. The third-order valence-electron chi connectivity index (χ3n) is 2.22. The van der Waals surface area contributed by atoms with Crippen molar-refractivity contribution >= 4 is 18.6 Å². The topological polar surface area (TPSA) is 12.5 Å². The van der Waals surface area contributed by atoms with Crippen molar-refractivity contribution < 1.29 is 4.65 Å². The molecule has 2 nitrogen and oxygen atoms in total. The van der Waals surface area contributed by atoms with Crippen molar-refractivity contribution in [1.82, 2.24) is 0 Å². The quantitative estimate of drug-likeness (QED) is 0.547. The Kier molecular flexibility index (Phi) is 1.81. The van der Waals surface area contributed by atoms with Gasteiger partial charge in [0, 0.05) is 19.8 Å². The van der Waals surface area contributed by atoms with E-state index >= 15 is 0 Å². The molecule has 0 spiro atoms. The van der Waals surface area contributed by atoms with Crippen LogP contribution in [-0.4, -0.2) is 21.6 Å². The second-order valence-corrected chi connectivity index (χ2v) is 3.34. The average molecular weight is 161 g/mol. The van der Waals surface area contributed by atoms with Crippen molar-refractivity contribution in [3.05, 3.63) is 23.8 Å². The third kappa shape index (κ3) is 1.20. The van der Waals surface area contributed by atoms with Crippen LogP contribution in [0.5, 0.6) is 0 Å². The summed E-state index contributed by atoms with van der Waals surface area (Å²) in [7, 11) is 4.88. The summed E-state index contributed by atoms with van der Waals surface area (Å²) in [6.07, 6.45) is 0. The van der Waals surface area contributed by atoms with Gasteiger partial charge in [-0.2, -0.15) is 0 Å². The number of hydrogen-bond donors (Lipinski definition) is 0. The molecule has 0 N–H and O–H groups in total. The molecular weight excluding hydrogens is 149 g/mol. The summed E-state index contributed by atoms with van der Waals surface area (Å²) < 4.78 is 5.33. The molecule has 1 aromatic carbocycles. The van der Waals surface area contributed by atoms with Crippen LogP contribution >= 0.6 is 0 Å². The second kappa shape index (κ2) is 2.83. The van der Waals surface area contributed by atoms with Crippen molar-refractivity contribution in [1.29, 1.82) is 0 Å². The number of hydrogen-bond acceptors (Lipinski definition) is 2. The molecule has 0 fully saturated rings. The number of benzene rings is 1. The van der Waals surface area contributed by atoms with Gasteiger partial charge in [-0.1, -0.05) is 6.07 Å². The van der Waals surface area contributed by atoms with E-state index in [-0.39, 0.29) is 0 Å². The minimum atomic E-state index is 0.775. The molecule has 0 atom stereocenters. The Morgan fingerprint density at radius 1 is 1.42 bits per heavy atom. The van der Waals surface area contributed by atoms with Crippen LogP contribution in [0.15, 0.2) is 18.2 Å². The van der Waals surface area contributed by atoms with Gasteiger partial charge in [0.2, 0.25) is 0 Å². The lowest BCUT2D eigenvalue weighted by molar-refractivity contribution is 0.345. The highest BCUT2D eigenvalue weighted by Gasteiger charge is 2.13. The molecule has 0 aromatic heterocycles. The van der Waals surface area contributed by atoms with Gasteiger partial charge in [0.05, 0.1) is 6.61 Å². The maximum absolute atomic E-state index is 5.33. The Labute approximate surface area is 73.4 Å². The molecule has 0 bridgehead atoms. The smallest absolute Gasteiger partial charge is 0.309 e. The molecule has 12 heavy (non-hydrogen) atoms. The molecule has 2 rings (SSSR count). The molecule has 3 heteroatoms. The van der Waals surface area contributed by atoms with E-state index in [1.54, 1.807) is 0 Å². The molecular formula is C9H12BNO. The van der Waals surface area contributed by atoms with E-state index in [1.807, 2.05) is 0 Å². The van der Waals surface area contributed by atoms with E-state index in [0.29, 0.717) is 0 Å². The highest BCUT2D eigenvalue weighted by Crippen LogP contribution is 2.13. The van der Waals surface area contributed by atoms with Crippen molar-refractivity contribution in [3.8, 4) is 0 Å². The molecule has 0 amide bonds.